The summed E-state index contributed by atoms with van der Waals surface area (Å²) in [6.45, 7) is 2.93. The number of rotatable bonds is 6. The van der Waals surface area contributed by atoms with Gasteiger partial charge < -0.3 is 4.74 Å². The molecular weight excluding hydrogens is 286 g/mol. The van der Waals surface area contributed by atoms with Gasteiger partial charge in [-0.15, -0.1) is 5.10 Å². The summed E-state index contributed by atoms with van der Waals surface area (Å²) in [4.78, 5) is 0. The van der Waals surface area contributed by atoms with Crippen LogP contribution in [0.1, 0.15) is 29.7 Å². The zero-order chi connectivity index (χ0) is 16.1. The Morgan fingerprint density at radius 2 is 1.83 bits per heavy atom. The van der Waals surface area contributed by atoms with Crippen molar-refractivity contribution in [2.45, 2.75) is 25.8 Å². The molecule has 1 unspecified atom stereocenters. The Morgan fingerprint density at radius 3 is 2.61 bits per heavy atom. The number of benzene rings is 2. The lowest BCUT2D eigenvalue weighted by atomic mass is 9.98. The molecule has 2 aromatic carbocycles. The van der Waals surface area contributed by atoms with Crippen LogP contribution in [0.15, 0.2) is 60.8 Å². The van der Waals surface area contributed by atoms with Crippen LogP contribution in [0.25, 0.3) is 0 Å². The van der Waals surface area contributed by atoms with E-state index in [9.17, 15) is 0 Å². The van der Waals surface area contributed by atoms with Crippen molar-refractivity contribution in [1.82, 2.24) is 15.0 Å². The molecule has 4 nitrogen and oxygen atoms in total. The third kappa shape index (κ3) is 3.97. The maximum atomic E-state index is 5.28. The van der Waals surface area contributed by atoms with E-state index in [0.29, 0.717) is 5.92 Å². The van der Waals surface area contributed by atoms with Crippen molar-refractivity contribution in [2.75, 3.05) is 7.11 Å². The Bertz CT molecular complexity index is 752. The van der Waals surface area contributed by atoms with E-state index in [1.165, 1.54) is 11.1 Å². The van der Waals surface area contributed by atoms with Gasteiger partial charge in [-0.2, -0.15) is 0 Å². The summed E-state index contributed by atoms with van der Waals surface area (Å²) < 4.78 is 7.18. The standard InChI is InChI=1S/C19H21N3O/c1-15(11-17-9-6-10-18(12-17)23-2)19-14-22(21-20-19)13-16-7-4-3-5-8-16/h3-10,12,14-15H,11,13H2,1-2H3. The number of nitrogens with zero attached hydrogens (tertiary/aromatic N) is 3. The first-order valence-corrected chi connectivity index (χ1v) is 7.81. The van der Waals surface area contributed by atoms with Gasteiger partial charge >= 0.3 is 0 Å². The molecule has 0 amide bonds. The zero-order valence-electron chi connectivity index (χ0n) is 13.5. The lowest BCUT2D eigenvalue weighted by molar-refractivity contribution is 0.414. The first-order chi connectivity index (χ1) is 11.2. The number of ether oxygens (including phenoxy) is 1. The second kappa shape index (κ2) is 7.09. The molecule has 0 saturated heterocycles. The molecule has 0 aliphatic carbocycles. The molecule has 1 aromatic heterocycles. The predicted octanol–water partition coefficient (Wildman–Crippen LogP) is 3.68. The molecule has 0 radical (unpaired) electrons. The van der Waals surface area contributed by atoms with Gasteiger partial charge in [-0.3, -0.25) is 0 Å². The van der Waals surface area contributed by atoms with E-state index < -0.39 is 0 Å². The van der Waals surface area contributed by atoms with Crippen molar-refractivity contribution in [2.24, 2.45) is 0 Å². The smallest absolute Gasteiger partial charge is 0.119 e. The minimum Gasteiger partial charge on any atom is -0.497 e. The first kappa shape index (κ1) is 15.3. The average Bonchev–Trinajstić information content (AvgIpc) is 3.04. The Hall–Kier alpha value is -2.62. The van der Waals surface area contributed by atoms with Crippen LogP contribution in [0.5, 0.6) is 5.75 Å². The number of hydrogen-bond donors (Lipinski definition) is 0. The maximum absolute atomic E-state index is 5.28. The largest absolute Gasteiger partial charge is 0.497 e. The predicted molar refractivity (Wildman–Crippen MR) is 90.7 cm³/mol. The zero-order valence-corrected chi connectivity index (χ0v) is 13.5. The highest BCUT2D eigenvalue weighted by Crippen LogP contribution is 2.21. The summed E-state index contributed by atoms with van der Waals surface area (Å²) in [5.41, 5.74) is 3.49. The van der Waals surface area contributed by atoms with E-state index in [2.05, 4.69) is 41.5 Å². The number of aromatic nitrogens is 3. The number of hydrogen-bond acceptors (Lipinski definition) is 3. The van der Waals surface area contributed by atoms with Gasteiger partial charge in [0.15, 0.2) is 0 Å². The normalized spacial score (nSPS) is 12.1. The summed E-state index contributed by atoms with van der Waals surface area (Å²) in [5.74, 6) is 1.20. The van der Waals surface area contributed by atoms with E-state index in [-0.39, 0.29) is 0 Å². The van der Waals surface area contributed by atoms with E-state index in [1.54, 1.807) is 7.11 Å². The summed E-state index contributed by atoms with van der Waals surface area (Å²) in [7, 11) is 1.69. The topological polar surface area (TPSA) is 39.9 Å². The second-order valence-corrected chi connectivity index (χ2v) is 5.78. The molecule has 23 heavy (non-hydrogen) atoms. The summed E-state index contributed by atoms with van der Waals surface area (Å²) in [5, 5.41) is 8.58. The summed E-state index contributed by atoms with van der Waals surface area (Å²) in [6, 6.07) is 18.5. The molecule has 0 bridgehead atoms. The van der Waals surface area contributed by atoms with Gasteiger partial charge in [0.1, 0.15) is 5.75 Å². The van der Waals surface area contributed by atoms with E-state index in [0.717, 1.165) is 24.4 Å². The van der Waals surface area contributed by atoms with Crippen molar-refractivity contribution >= 4 is 0 Å². The Kier molecular flexibility index (Phi) is 4.71. The fraction of sp³-hybridized carbons (Fsp3) is 0.263. The SMILES string of the molecule is COc1cccc(CC(C)c2cn(Cc3ccccc3)nn2)c1. The van der Waals surface area contributed by atoms with Crippen LogP contribution < -0.4 is 4.74 Å². The summed E-state index contributed by atoms with van der Waals surface area (Å²) >= 11 is 0. The molecule has 0 fully saturated rings. The highest BCUT2D eigenvalue weighted by Gasteiger charge is 2.12. The molecule has 1 atom stereocenters. The third-order valence-electron chi connectivity index (χ3n) is 3.92. The lowest BCUT2D eigenvalue weighted by Crippen LogP contribution is -2.00. The first-order valence-electron chi connectivity index (χ1n) is 7.81. The second-order valence-electron chi connectivity index (χ2n) is 5.78. The third-order valence-corrected chi connectivity index (χ3v) is 3.92. The Morgan fingerprint density at radius 1 is 1.04 bits per heavy atom. The molecule has 3 rings (SSSR count). The highest BCUT2D eigenvalue weighted by atomic mass is 16.5. The van der Waals surface area contributed by atoms with Gasteiger partial charge in [0.05, 0.1) is 19.3 Å². The van der Waals surface area contributed by atoms with Crippen LogP contribution >= 0.6 is 0 Å². The molecule has 0 N–H and O–H groups in total. The molecule has 1 heterocycles. The Balaban J connectivity index is 1.67. The van der Waals surface area contributed by atoms with Gasteiger partial charge in [-0.05, 0) is 29.7 Å². The van der Waals surface area contributed by atoms with Crippen LogP contribution in [-0.4, -0.2) is 22.1 Å². The van der Waals surface area contributed by atoms with E-state index in [4.69, 9.17) is 4.74 Å². The molecule has 0 aliphatic rings. The minimum absolute atomic E-state index is 0.312. The quantitative estimate of drug-likeness (QED) is 0.697. The Labute approximate surface area is 136 Å². The van der Waals surface area contributed by atoms with Crippen LogP contribution in [0.3, 0.4) is 0 Å². The van der Waals surface area contributed by atoms with Crippen molar-refractivity contribution < 1.29 is 4.74 Å². The summed E-state index contributed by atoms with van der Waals surface area (Å²) in [6.07, 6.45) is 2.96. The lowest BCUT2D eigenvalue weighted by Gasteiger charge is -2.09. The van der Waals surface area contributed by atoms with Crippen molar-refractivity contribution in [3.8, 4) is 5.75 Å². The minimum atomic E-state index is 0.312. The molecule has 0 aliphatic heterocycles. The fourth-order valence-electron chi connectivity index (χ4n) is 2.64. The van der Waals surface area contributed by atoms with E-state index >= 15 is 0 Å². The van der Waals surface area contributed by atoms with Crippen LogP contribution in [0.2, 0.25) is 0 Å². The molecular formula is C19H21N3O. The highest BCUT2D eigenvalue weighted by molar-refractivity contribution is 5.29. The van der Waals surface area contributed by atoms with E-state index in [1.807, 2.05) is 41.2 Å². The van der Waals surface area contributed by atoms with Gasteiger partial charge in [0, 0.05) is 12.1 Å². The fourth-order valence-corrected chi connectivity index (χ4v) is 2.64. The van der Waals surface area contributed by atoms with Crippen molar-refractivity contribution in [3.63, 3.8) is 0 Å². The van der Waals surface area contributed by atoms with Gasteiger partial charge in [-0.25, -0.2) is 4.68 Å². The van der Waals surface area contributed by atoms with Gasteiger partial charge in [-0.1, -0.05) is 54.6 Å². The molecule has 4 heteroatoms. The van der Waals surface area contributed by atoms with Crippen LogP contribution in [-0.2, 0) is 13.0 Å². The van der Waals surface area contributed by atoms with Crippen LogP contribution in [0.4, 0.5) is 0 Å². The molecule has 118 valence electrons. The van der Waals surface area contributed by atoms with Crippen LogP contribution in [0, 0.1) is 0 Å². The van der Waals surface area contributed by atoms with Crippen molar-refractivity contribution in [3.05, 3.63) is 77.6 Å². The van der Waals surface area contributed by atoms with Gasteiger partial charge in [0.25, 0.3) is 0 Å². The van der Waals surface area contributed by atoms with Crippen molar-refractivity contribution in [1.29, 1.82) is 0 Å². The molecule has 0 saturated carbocycles. The number of methoxy groups -OCH3 is 1. The average molecular weight is 307 g/mol. The maximum Gasteiger partial charge on any atom is 0.119 e. The van der Waals surface area contributed by atoms with Gasteiger partial charge in [0.2, 0.25) is 0 Å². The molecule has 3 aromatic rings. The molecule has 0 spiro atoms. The monoisotopic (exact) mass is 307 g/mol.